The van der Waals surface area contributed by atoms with Crippen LogP contribution >= 0.6 is 0 Å². The molecule has 0 bridgehead atoms. The number of nitrogens with one attached hydrogen (secondary N) is 1. The Kier molecular flexibility index (Phi) is 3.53. The molecule has 2 heterocycles. The van der Waals surface area contributed by atoms with Gasteiger partial charge in [-0.1, -0.05) is 0 Å². The molecule has 1 amide bonds. The first-order chi connectivity index (χ1) is 7.27. The average Bonchev–Trinajstić information content (AvgIpc) is 2.53. The zero-order valence-electron chi connectivity index (χ0n) is 8.75. The maximum atomic E-state index is 12.9. The van der Waals surface area contributed by atoms with Gasteiger partial charge in [-0.2, -0.15) is 0 Å². The van der Waals surface area contributed by atoms with Crippen LogP contribution in [0.5, 0.6) is 0 Å². The highest BCUT2D eigenvalue weighted by atomic mass is 19.1. The molecule has 2 atom stereocenters. The van der Waals surface area contributed by atoms with Crippen LogP contribution in [0.2, 0.25) is 0 Å². The van der Waals surface area contributed by atoms with Gasteiger partial charge >= 0.3 is 0 Å². The number of hydrogen-bond donors (Lipinski definition) is 1. The summed E-state index contributed by atoms with van der Waals surface area (Å²) >= 11 is 0. The van der Waals surface area contributed by atoms with Crippen LogP contribution in [0.3, 0.4) is 0 Å². The van der Waals surface area contributed by atoms with E-state index in [0.29, 0.717) is 32.7 Å². The van der Waals surface area contributed by atoms with E-state index >= 15 is 0 Å². The van der Waals surface area contributed by atoms with Crippen molar-refractivity contribution in [3.63, 3.8) is 0 Å². The third-order valence-electron chi connectivity index (χ3n) is 2.91. The van der Waals surface area contributed by atoms with Gasteiger partial charge in [0.2, 0.25) is 5.91 Å². The molecule has 0 saturated carbocycles. The average molecular weight is 216 g/mol. The number of hydrogen-bond acceptors (Lipinski definition) is 3. The van der Waals surface area contributed by atoms with E-state index in [-0.39, 0.29) is 11.9 Å². The number of carbonyl (C=O) groups excluding carboxylic acids is 1. The molecule has 2 saturated heterocycles. The van der Waals surface area contributed by atoms with Crippen molar-refractivity contribution in [3.05, 3.63) is 0 Å². The number of alkyl halides is 1. The molecule has 15 heavy (non-hydrogen) atoms. The lowest BCUT2D eigenvalue weighted by Gasteiger charge is -2.23. The quantitative estimate of drug-likeness (QED) is 0.667. The van der Waals surface area contributed by atoms with Crippen LogP contribution in [-0.4, -0.2) is 55.9 Å². The van der Waals surface area contributed by atoms with E-state index in [9.17, 15) is 9.18 Å². The first-order valence-corrected chi connectivity index (χ1v) is 5.51. The van der Waals surface area contributed by atoms with E-state index in [1.807, 2.05) is 0 Å². The van der Waals surface area contributed by atoms with Crippen molar-refractivity contribution in [3.8, 4) is 0 Å². The minimum atomic E-state index is -0.873. The summed E-state index contributed by atoms with van der Waals surface area (Å²) in [5, 5.41) is 2.92. The molecule has 2 aliphatic heterocycles. The van der Waals surface area contributed by atoms with Crippen LogP contribution in [0.15, 0.2) is 0 Å². The maximum absolute atomic E-state index is 12.9. The first kappa shape index (κ1) is 10.8. The zero-order chi connectivity index (χ0) is 10.7. The number of rotatable bonds is 1. The fraction of sp³-hybridized carbons (Fsp3) is 0.900. The van der Waals surface area contributed by atoms with E-state index in [1.165, 1.54) is 0 Å². The Hall–Kier alpha value is -0.680. The lowest BCUT2D eigenvalue weighted by molar-refractivity contribution is -0.133. The summed E-state index contributed by atoms with van der Waals surface area (Å²) in [6.45, 7) is 2.98. The van der Waals surface area contributed by atoms with Crippen molar-refractivity contribution in [2.45, 2.75) is 25.1 Å². The Morgan fingerprint density at radius 2 is 2.27 bits per heavy atom. The normalized spacial score (nSPS) is 32.7. The first-order valence-electron chi connectivity index (χ1n) is 5.51. The second-order valence-corrected chi connectivity index (χ2v) is 4.09. The number of nitrogens with zero attached hydrogens (tertiary/aromatic N) is 1. The predicted octanol–water partition coefficient (Wildman–Crippen LogP) is -0.0647. The molecule has 4 nitrogen and oxygen atoms in total. The van der Waals surface area contributed by atoms with Crippen LogP contribution in [-0.2, 0) is 9.53 Å². The standard InChI is InChI=1S/C10H17FN2O2/c11-8-6-9(12-7-8)10(14)13-2-1-4-15-5-3-13/h8-9,12H,1-7H2/t8-,9+/m0/s1. The lowest BCUT2D eigenvalue weighted by atomic mass is 10.2. The SMILES string of the molecule is O=C([C@H]1C[C@H](F)CN1)N1CCCOCC1. The monoisotopic (exact) mass is 216 g/mol. The highest BCUT2D eigenvalue weighted by molar-refractivity contribution is 5.82. The number of halogens is 1. The highest BCUT2D eigenvalue weighted by Crippen LogP contribution is 2.13. The van der Waals surface area contributed by atoms with E-state index in [2.05, 4.69) is 5.32 Å². The summed E-state index contributed by atoms with van der Waals surface area (Å²) < 4.78 is 18.2. The second-order valence-electron chi connectivity index (χ2n) is 4.09. The summed E-state index contributed by atoms with van der Waals surface area (Å²) in [6.07, 6.45) is 0.315. The minimum absolute atomic E-state index is 0.0284. The molecule has 1 N–H and O–H groups in total. The van der Waals surface area contributed by atoms with Crippen LogP contribution in [0.25, 0.3) is 0 Å². The molecule has 0 aliphatic carbocycles. The van der Waals surface area contributed by atoms with Crippen molar-refractivity contribution in [1.29, 1.82) is 0 Å². The van der Waals surface area contributed by atoms with Gasteiger partial charge in [-0.05, 0) is 6.42 Å². The van der Waals surface area contributed by atoms with Gasteiger partial charge in [-0.3, -0.25) is 4.79 Å². The van der Waals surface area contributed by atoms with Gasteiger partial charge in [0.15, 0.2) is 0 Å². The molecule has 0 unspecified atom stereocenters. The third-order valence-corrected chi connectivity index (χ3v) is 2.91. The molecule has 0 aromatic heterocycles. The molecular weight excluding hydrogens is 199 g/mol. The van der Waals surface area contributed by atoms with E-state index in [1.54, 1.807) is 4.90 Å². The van der Waals surface area contributed by atoms with Crippen LogP contribution in [0.4, 0.5) is 4.39 Å². The molecular formula is C10H17FN2O2. The summed E-state index contributed by atoms with van der Waals surface area (Å²) in [5.74, 6) is 0.0284. The van der Waals surface area contributed by atoms with Crippen molar-refractivity contribution >= 4 is 5.91 Å². The van der Waals surface area contributed by atoms with Crippen LogP contribution < -0.4 is 5.32 Å². The Bertz CT molecular complexity index is 229. The van der Waals surface area contributed by atoms with Crippen LogP contribution in [0.1, 0.15) is 12.8 Å². The fourth-order valence-corrected chi connectivity index (χ4v) is 2.07. The topological polar surface area (TPSA) is 41.6 Å². The summed E-state index contributed by atoms with van der Waals surface area (Å²) in [6, 6.07) is -0.321. The third kappa shape index (κ3) is 2.66. The van der Waals surface area contributed by atoms with Crippen molar-refractivity contribution < 1.29 is 13.9 Å². The maximum Gasteiger partial charge on any atom is 0.239 e. The fourth-order valence-electron chi connectivity index (χ4n) is 2.07. The molecule has 0 aromatic carbocycles. The molecule has 0 spiro atoms. The molecule has 2 aliphatic rings. The molecule has 5 heteroatoms. The molecule has 0 aromatic rings. The van der Waals surface area contributed by atoms with Gasteiger partial charge in [0.05, 0.1) is 12.6 Å². The lowest BCUT2D eigenvalue weighted by Crippen LogP contribution is -2.44. The highest BCUT2D eigenvalue weighted by Gasteiger charge is 2.32. The van der Waals surface area contributed by atoms with Crippen molar-refractivity contribution in [1.82, 2.24) is 10.2 Å². The summed E-state index contributed by atoms with van der Waals surface area (Å²) in [5.41, 5.74) is 0. The van der Waals surface area contributed by atoms with Gasteiger partial charge in [0.1, 0.15) is 6.17 Å². The number of carbonyl (C=O) groups is 1. The van der Waals surface area contributed by atoms with E-state index < -0.39 is 6.17 Å². The van der Waals surface area contributed by atoms with Gasteiger partial charge in [-0.15, -0.1) is 0 Å². The Morgan fingerprint density at radius 1 is 1.40 bits per heavy atom. The number of amides is 1. The molecule has 2 fully saturated rings. The van der Waals surface area contributed by atoms with Gasteiger partial charge in [0.25, 0.3) is 0 Å². The largest absolute Gasteiger partial charge is 0.380 e. The van der Waals surface area contributed by atoms with Gasteiger partial charge < -0.3 is 15.0 Å². The molecule has 0 radical (unpaired) electrons. The van der Waals surface area contributed by atoms with Gasteiger partial charge in [0, 0.05) is 32.7 Å². The van der Waals surface area contributed by atoms with E-state index in [4.69, 9.17) is 4.74 Å². The van der Waals surface area contributed by atoms with Crippen LogP contribution in [0, 0.1) is 0 Å². The molecule has 2 rings (SSSR count). The summed E-state index contributed by atoms with van der Waals surface area (Å²) in [7, 11) is 0. The smallest absolute Gasteiger partial charge is 0.239 e. The van der Waals surface area contributed by atoms with E-state index in [0.717, 1.165) is 13.0 Å². The zero-order valence-corrected chi connectivity index (χ0v) is 8.75. The second kappa shape index (κ2) is 4.90. The van der Waals surface area contributed by atoms with Crippen molar-refractivity contribution in [2.75, 3.05) is 32.8 Å². The minimum Gasteiger partial charge on any atom is -0.380 e. The van der Waals surface area contributed by atoms with Gasteiger partial charge in [-0.25, -0.2) is 4.39 Å². The molecule has 86 valence electrons. The summed E-state index contributed by atoms with van der Waals surface area (Å²) in [4.78, 5) is 13.7. The number of ether oxygens (including phenoxy) is 1. The Labute approximate surface area is 88.8 Å². The Morgan fingerprint density at radius 3 is 3.00 bits per heavy atom. The van der Waals surface area contributed by atoms with Crippen molar-refractivity contribution in [2.24, 2.45) is 0 Å². The Balaban J connectivity index is 1.88. The predicted molar refractivity (Wildman–Crippen MR) is 53.3 cm³/mol.